The van der Waals surface area contributed by atoms with Gasteiger partial charge in [0.05, 0.1) is 5.56 Å². The third-order valence-corrected chi connectivity index (χ3v) is 8.21. The maximum Gasteiger partial charge on any atom is 0.262 e. The number of anilines is 2. The highest BCUT2D eigenvalue weighted by Crippen LogP contribution is 2.44. The van der Waals surface area contributed by atoms with Gasteiger partial charge in [-0.25, -0.2) is 0 Å². The van der Waals surface area contributed by atoms with Crippen LogP contribution in [0.5, 0.6) is 5.75 Å². The Morgan fingerprint density at radius 2 is 1.77 bits per heavy atom. The van der Waals surface area contributed by atoms with Gasteiger partial charge in [-0.05, 0) is 84.7 Å². The van der Waals surface area contributed by atoms with E-state index in [-0.39, 0.29) is 23.8 Å². The van der Waals surface area contributed by atoms with E-state index in [2.05, 4.69) is 47.3 Å². The summed E-state index contributed by atoms with van der Waals surface area (Å²) in [6.45, 7) is 6.61. The number of nitrogens with one attached hydrogen (secondary N) is 2. The zero-order valence-electron chi connectivity index (χ0n) is 19.9. The summed E-state index contributed by atoms with van der Waals surface area (Å²) in [5.41, 5.74) is 2.47. The number of ether oxygens (including phenoxy) is 1. The summed E-state index contributed by atoms with van der Waals surface area (Å²) in [4.78, 5) is 27.4. The molecule has 0 radical (unpaired) electrons. The first kappa shape index (κ1) is 25.7. The second-order valence-corrected chi connectivity index (χ2v) is 12.2. The van der Waals surface area contributed by atoms with E-state index < -0.39 is 0 Å². The van der Waals surface area contributed by atoms with Gasteiger partial charge in [0.1, 0.15) is 10.8 Å². The van der Waals surface area contributed by atoms with Gasteiger partial charge < -0.3 is 15.4 Å². The standard InChI is InChI=1S/C27H28BrClN2O3S/c1-27(2,3)16-4-13-21-22(14-16)35-26(24(21)25(33)30-19-9-5-17(28)6-10-19)31-23(32)15-34-20-11-7-18(29)8-12-20/h5-12,16H,4,13-15H2,1-3H3,(H,30,33)(H,31,32). The van der Waals surface area contributed by atoms with Crippen molar-refractivity contribution in [2.24, 2.45) is 11.3 Å². The van der Waals surface area contributed by atoms with Crippen LogP contribution >= 0.6 is 38.9 Å². The summed E-state index contributed by atoms with van der Waals surface area (Å²) in [6.07, 6.45) is 2.73. The normalized spacial score (nSPS) is 15.3. The number of benzene rings is 2. The number of amides is 2. The SMILES string of the molecule is CC(C)(C)C1CCc2c(sc(NC(=O)COc3ccc(Cl)cc3)c2C(=O)Nc2ccc(Br)cc2)C1. The van der Waals surface area contributed by atoms with E-state index in [9.17, 15) is 9.59 Å². The Morgan fingerprint density at radius 3 is 2.43 bits per heavy atom. The number of thiophene rings is 1. The molecule has 0 spiro atoms. The summed E-state index contributed by atoms with van der Waals surface area (Å²) in [6, 6.07) is 14.3. The van der Waals surface area contributed by atoms with Crippen molar-refractivity contribution in [1.82, 2.24) is 0 Å². The van der Waals surface area contributed by atoms with Crippen LogP contribution in [0.4, 0.5) is 10.7 Å². The molecule has 35 heavy (non-hydrogen) atoms. The average molecular weight is 576 g/mol. The smallest absolute Gasteiger partial charge is 0.262 e. The quantitative estimate of drug-likeness (QED) is 0.318. The van der Waals surface area contributed by atoms with Crippen LogP contribution < -0.4 is 15.4 Å². The van der Waals surface area contributed by atoms with E-state index in [0.29, 0.717) is 32.9 Å². The number of rotatable bonds is 6. The van der Waals surface area contributed by atoms with Crippen LogP contribution in [0.3, 0.4) is 0 Å². The lowest BCUT2D eigenvalue weighted by atomic mass is 9.72. The number of fused-ring (bicyclic) bond motifs is 1. The molecular weight excluding hydrogens is 548 g/mol. The van der Waals surface area contributed by atoms with Crippen LogP contribution in [-0.4, -0.2) is 18.4 Å². The molecule has 1 heterocycles. The Hall–Kier alpha value is -2.35. The Kier molecular flexibility index (Phi) is 7.89. The van der Waals surface area contributed by atoms with E-state index in [0.717, 1.165) is 29.3 Å². The van der Waals surface area contributed by atoms with Gasteiger partial charge in [0.25, 0.3) is 11.8 Å². The van der Waals surface area contributed by atoms with Crippen molar-refractivity contribution in [3.8, 4) is 5.75 Å². The van der Waals surface area contributed by atoms with Gasteiger partial charge in [0, 0.05) is 20.1 Å². The fraction of sp³-hybridized carbons (Fsp3) is 0.333. The van der Waals surface area contributed by atoms with Crippen LogP contribution in [0.1, 0.15) is 48.0 Å². The molecule has 8 heteroatoms. The van der Waals surface area contributed by atoms with Gasteiger partial charge in [-0.15, -0.1) is 11.3 Å². The van der Waals surface area contributed by atoms with Crippen molar-refractivity contribution in [2.45, 2.75) is 40.0 Å². The molecule has 4 rings (SSSR count). The lowest BCUT2D eigenvalue weighted by Crippen LogP contribution is -2.27. The molecule has 0 saturated carbocycles. The monoisotopic (exact) mass is 574 g/mol. The number of hydrogen-bond donors (Lipinski definition) is 2. The number of halogens is 2. The second-order valence-electron chi connectivity index (χ2n) is 9.77. The minimum Gasteiger partial charge on any atom is -0.484 e. The molecule has 3 aromatic rings. The molecule has 1 aromatic heterocycles. The minimum atomic E-state index is -0.316. The topological polar surface area (TPSA) is 67.4 Å². The highest BCUT2D eigenvalue weighted by atomic mass is 79.9. The Balaban J connectivity index is 1.56. The fourth-order valence-electron chi connectivity index (χ4n) is 4.22. The van der Waals surface area contributed by atoms with E-state index in [4.69, 9.17) is 16.3 Å². The van der Waals surface area contributed by atoms with Crippen molar-refractivity contribution < 1.29 is 14.3 Å². The highest BCUT2D eigenvalue weighted by Gasteiger charge is 2.34. The van der Waals surface area contributed by atoms with Crippen LogP contribution in [0.15, 0.2) is 53.0 Å². The Labute approximate surface area is 223 Å². The summed E-state index contributed by atoms with van der Waals surface area (Å²) in [5, 5.41) is 7.10. The molecule has 0 aliphatic heterocycles. The molecule has 0 saturated heterocycles. The third kappa shape index (κ3) is 6.46. The third-order valence-electron chi connectivity index (χ3n) is 6.26. The maximum atomic E-state index is 13.4. The Morgan fingerprint density at radius 1 is 1.09 bits per heavy atom. The predicted molar refractivity (Wildman–Crippen MR) is 147 cm³/mol. The number of carbonyl (C=O) groups excluding carboxylic acids is 2. The second kappa shape index (κ2) is 10.7. The highest BCUT2D eigenvalue weighted by molar-refractivity contribution is 9.10. The molecule has 0 fully saturated rings. The Bertz CT molecular complexity index is 1220. The summed E-state index contributed by atoms with van der Waals surface area (Å²) in [7, 11) is 0. The van der Waals surface area contributed by atoms with Gasteiger partial charge >= 0.3 is 0 Å². The minimum absolute atomic E-state index is 0.164. The average Bonchev–Trinajstić information content (AvgIpc) is 3.16. The van der Waals surface area contributed by atoms with Gasteiger partial charge in [-0.2, -0.15) is 0 Å². The zero-order valence-corrected chi connectivity index (χ0v) is 23.1. The number of carbonyl (C=O) groups is 2. The molecule has 0 bridgehead atoms. The van der Waals surface area contributed by atoms with Crippen LogP contribution in [0, 0.1) is 11.3 Å². The first-order valence-corrected chi connectivity index (χ1v) is 13.5. The van der Waals surface area contributed by atoms with Crippen molar-refractivity contribution >= 4 is 61.4 Å². The van der Waals surface area contributed by atoms with Crippen molar-refractivity contribution in [1.29, 1.82) is 0 Å². The molecule has 5 nitrogen and oxygen atoms in total. The van der Waals surface area contributed by atoms with Gasteiger partial charge in [-0.1, -0.05) is 48.3 Å². The molecule has 2 N–H and O–H groups in total. The molecular formula is C27H28BrClN2O3S. The lowest BCUT2D eigenvalue weighted by molar-refractivity contribution is -0.118. The van der Waals surface area contributed by atoms with E-state index in [1.54, 1.807) is 24.3 Å². The molecule has 2 aromatic carbocycles. The van der Waals surface area contributed by atoms with Crippen LogP contribution in [0.25, 0.3) is 0 Å². The van der Waals surface area contributed by atoms with Gasteiger partial charge in [-0.3, -0.25) is 9.59 Å². The lowest BCUT2D eigenvalue weighted by Gasteiger charge is -2.33. The molecule has 184 valence electrons. The summed E-state index contributed by atoms with van der Waals surface area (Å²) < 4.78 is 6.53. The van der Waals surface area contributed by atoms with E-state index in [1.165, 1.54) is 16.2 Å². The zero-order chi connectivity index (χ0) is 25.2. The maximum absolute atomic E-state index is 13.4. The van der Waals surface area contributed by atoms with Crippen LogP contribution in [-0.2, 0) is 17.6 Å². The van der Waals surface area contributed by atoms with Crippen LogP contribution in [0.2, 0.25) is 5.02 Å². The van der Waals surface area contributed by atoms with Crippen molar-refractivity contribution in [3.63, 3.8) is 0 Å². The first-order chi connectivity index (χ1) is 16.6. The largest absolute Gasteiger partial charge is 0.484 e. The van der Waals surface area contributed by atoms with E-state index >= 15 is 0 Å². The van der Waals surface area contributed by atoms with Gasteiger partial charge in [0.15, 0.2) is 6.61 Å². The first-order valence-electron chi connectivity index (χ1n) is 11.5. The predicted octanol–water partition coefficient (Wildman–Crippen LogP) is 7.58. The number of hydrogen-bond acceptors (Lipinski definition) is 4. The molecule has 1 aliphatic rings. The molecule has 1 aliphatic carbocycles. The fourth-order valence-corrected chi connectivity index (χ4v) is 5.95. The summed E-state index contributed by atoms with van der Waals surface area (Å²) in [5.74, 6) is 0.542. The molecule has 1 unspecified atom stereocenters. The molecule has 2 amide bonds. The van der Waals surface area contributed by atoms with E-state index in [1.807, 2.05) is 24.3 Å². The van der Waals surface area contributed by atoms with Gasteiger partial charge in [0.2, 0.25) is 0 Å². The molecule has 1 atom stereocenters. The van der Waals surface area contributed by atoms with Crippen molar-refractivity contribution in [3.05, 3.63) is 74.0 Å². The summed E-state index contributed by atoms with van der Waals surface area (Å²) >= 11 is 10.8. The van der Waals surface area contributed by atoms with Crippen molar-refractivity contribution in [2.75, 3.05) is 17.2 Å².